The number of aliphatic carboxylic acids is 1. The van der Waals surface area contributed by atoms with Crippen molar-refractivity contribution in [2.75, 3.05) is 25.9 Å². The molecule has 8 nitrogen and oxygen atoms in total. The zero-order chi connectivity index (χ0) is 13.8. The molecule has 9 heteroatoms. The van der Waals surface area contributed by atoms with Gasteiger partial charge in [-0.25, -0.2) is 22.7 Å². The first-order chi connectivity index (χ1) is 8.37. The standard InChI is InChI=1S/C9H17N3O5S/c1-10-18(16,17)6-4-11-9(15)12-5-2-3-7(12)8(13)14/h7,10H,2-6H2,1H3,(H,11,15)(H,13,14)/t7-/m1/s1. The number of amides is 2. The van der Waals surface area contributed by atoms with Crippen molar-refractivity contribution in [3.05, 3.63) is 0 Å². The summed E-state index contributed by atoms with van der Waals surface area (Å²) in [5.74, 6) is -1.27. The second-order valence-corrected chi connectivity index (χ2v) is 5.99. The van der Waals surface area contributed by atoms with E-state index >= 15 is 0 Å². The third-order valence-corrected chi connectivity index (χ3v) is 4.12. The fourth-order valence-corrected chi connectivity index (χ4v) is 2.34. The lowest BCUT2D eigenvalue weighted by Gasteiger charge is -2.21. The molecule has 0 unspecified atom stereocenters. The summed E-state index contributed by atoms with van der Waals surface area (Å²) < 4.78 is 24.3. The SMILES string of the molecule is CNS(=O)(=O)CCNC(=O)N1CCC[C@@H]1C(=O)O. The van der Waals surface area contributed by atoms with Gasteiger partial charge in [0.1, 0.15) is 6.04 Å². The molecule has 1 fully saturated rings. The van der Waals surface area contributed by atoms with Crippen LogP contribution in [0.3, 0.4) is 0 Å². The first-order valence-electron chi connectivity index (χ1n) is 5.56. The van der Waals surface area contributed by atoms with Crippen LogP contribution in [0.1, 0.15) is 12.8 Å². The molecule has 0 aromatic heterocycles. The third-order valence-electron chi connectivity index (χ3n) is 2.76. The Labute approximate surface area is 105 Å². The number of carbonyl (C=O) groups excluding carboxylic acids is 1. The van der Waals surface area contributed by atoms with E-state index in [1.165, 1.54) is 11.9 Å². The molecule has 1 rings (SSSR count). The number of carboxylic acid groups (broad SMARTS) is 1. The van der Waals surface area contributed by atoms with Gasteiger partial charge in [-0.3, -0.25) is 0 Å². The zero-order valence-corrected chi connectivity index (χ0v) is 10.9. The van der Waals surface area contributed by atoms with E-state index in [1.807, 2.05) is 0 Å². The summed E-state index contributed by atoms with van der Waals surface area (Å²) in [4.78, 5) is 23.8. The Morgan fingerprint density at radius 3 is 2.67 bits per heavy atom. The average Bonchev–Trinajstić information content (AvgIpc) is 2.77. The molecule has 0 spiro atoms. The summed E-state index contributed by atoms with van der Waals surface area (Å²) in [6.07, 6.45) is 1.07. The first-order valence-corrected chi connectivity index (χ1v) is 7.21. The van der Waals surface area contributed by atoms with Gasteiger partial charge in [-0.2, -0.15) is 0 Å². The van der Waals surface area contributed by atoms with Crippen LogP contribution >= 0.6 is 0 Å². The van der Waals surface area contributed by atoms with Crippen LogP contribution in [-0.2, 0) is 14.8 Å². The molecule has 18 heavy (non-hydrogen) atoms. The molecule has 0 radical (unpaired) electrons. The number of carboxylic acids is 1. The topological polar surface area (TPSA) is 116 Å². The molecule has 1 aliphatic rings. The van der Waals surface area contributed by atoms with Gasteiger partial charge in [-0.15, -0.1) is 0 Å². The normalized spacial score (nSPS) is 19.8. The molecule has 3 N–H and O–H groups in total. The van der Waals surface area contributed by atoms with Crippen molar-refractivity contribution in [2.24, 2.45) is 0 Å². The summed E-state index contributed by atoms with van der Waals surface area (Å²) in [5.41, 5.74) is 0. The van der Waals surface area contributed by atoms with Crippen LogP contribution in [0.15, 0.2) is 0 Å². The largest absolute Gasteiger partial charge is 0.480 e. The number of hydrogen-bond donors (Lipinski definition) is 3. The molecule has 1 atom stereocenters. The Morgan fingerprint density at radius 2 is 2.11 bits per heavy atom. The minimum absolute atomic E-state index is 0.0507. The van der Waals surface area contributed by atoms with Crippen molar-refractivity contribution in [3.63, 3.8) is 0 Å². The van der Waals surface area contributed by atoms with Crippen LogP contribution in [0.5, 0.6) is 0 Å². The lowest BCUT2D eigenvalue weighted by molar-refractivity contribution is -0.141. The Bertz CT molecular complexity index is 422. The first kappa shape index (κ1) is 14.7. The maximum atomic E-state index is 11.7. The van der Waals surface area contributed by atoms with E-state index < -0.39 is 28.1 Å². The van der Waals surface area contributed by atoms with Crippen LogP contribution < -0.4 is 10.0 Å². The van der Waals surface area contributed by atoms with Crippen LogP contribution in [0.25, 0.3) is 0 Å². The summed E-state index contributed by atoms with van der Waals surface area (Å²) in [6.45, 7) is 0.326. The lowest BCUT2D eigenvalue weighted by Crippen LogP contribution is -2.47. The Morgan fingerprint density at radius 1 is 1.44 bits per heavy atom. The number of rotatable bonds is 5. The summed E-state index contributed by atoms with van der Waals surface area (Å²) in [5, 5.41) is 11.3. The Hall–Kier alpha value is -1.35. The van der Waals surface area contributed by atoms with E-state index in [9.17, 15) is 18.0 Å². The quantitative estimate of drug-likeness (QED) is 0.584. The second-order valence-electron chi connectivity index (χ2n) is 3.94. The van der Waals surface area contributed by atoms with Crippen molar-refractivity contribution < 1.29 is 23.1 Å². The predicted molar refractivity (Wildman–Crippen MR) is 63.6 cm³/mol. The van der Waals surface area contributed by atoms with Gasteiger partial charge in [0.2, 0.25) is 10.0 Å². The van der Waals surface area contributed by atoms with Crippen molar-refractivity contribution in [1.82, 2.24) is 14.9 Å². The number of nitrogens with zero attached hydrogens (tertiary/aromatic N) is 1. The van der Waals surface area contributed by atoms with Crippen molar-refractivity contribution >= 4 is 22.0 Å². The molecular weight excluding hydrogens is 262 g/mol. The smallest absolute Gasteiger partial charge is 0.326 e. The van der Waals surface area contributed by atoms with E-state index in [1.54, 1.807) is 0 Å². The van der Waals surface area contributed by atoms with Crippen molar-refractivity contribution in [2.45, 2.75) is 18.9 Å². The molecule has 0 aromatic rings. The second kappa shape index (κ2) is 6.01. The molecule has 1 saturated heterocycles. The fraction of sp³-hybridized carbons (Fsp3) is 0.778. The predicted octanol–water partition coefficient (Wildman–Crippen LogP) is -1.21. The van der Waals surface area contributed by atoms with Crippen molar-refractivity contribution in [1.29, 1.82) is 0 Å². The van der Waals surface area contributed by atoms with E-state index in [0.717, 1.165) is 0 Å². The number of urea groups is 1. The number of likely N-dealkylation sites (tertiary alicyclic amines) is 1. The summed E-state index contributed by atoms with van der Waals surface area (Å²) >= 11 is 0. The van der Waals surface area contributed by atoms with E-state index in [-0.39, 0.29) is 12.3 Å². The van der Waals surface area contributed by atoms with E-state index in [4.69, 9.17) is 5.11 Å². The van der Waals surface area contributed by atoms with Crippen molar-refractivity contribution in [3.8, 4) is 0 Å². The number of carbonyl (C=O) groups is 2. The zero-order valence-electron chi connectivity index (χ0n) is 10.0. The minimum atomic E-state index is -3.37. The molecule has 1 heterocycles. The molecule has 0 aliphatic carbocycles. The van der Waals surface area contributed by atoms with Gasteiger partial charge in [-0.05, 0) is 19.9 Å². The summed E-state index contributed by atoms with van der Waals surface area (Å²) in [7, 11) is -2.08. The maximum Gasteiger partial charge on any atom is 0.326 e. The molecule has 104 valence electrons. The van der Waals surface area contributed by atoms with Gasteiger partial charge in [0.25, 0.3) is 0 Å². The molecule has 2 amide bonds. The highest BCUT2D eigenvalue weighted by molar-refractivity contribution is 7.89. The molecular formula is C9H17N3O5S. The Kier molecular flexibility index (Phi) is 4.91. The van der Waals surface area contributed by atoms with Gasteiger partial charge in [0.15, 0.2) is 0 Å². The number of hydrogen-bond acceptors (Lipinski definition) is 4. The van der Waals surface area contributed by atoms with Crippen LogP contribution in [0.4, 0.5) is 4.79 Å². The van der Waals surface area contributed by atoms with Gasteiger partial charge in [0, 0.05) is 13.1 Å². The van der Waals surface area contributed by atoms with Gasteiger partial charge in [0.05, 0.1) is 5.75 Å². The van der Waals surface area contributed by atoms with Gasteiger partial charge < -0.3 is 15.3 Å². The van der Waals surface area contributed by atoms with E-state index in [2.05, 4.69) is 10.0 Å². The summed E-state index contributed by atoms with van der Waals surface area (Å²) in [6, 6.07) is -1.35. The van der Waals surface area contributed by atoms with Crippen LogP contribution in [-0.4, -0.2) is 62.4 Å². The van der Waals surface area contributed by atoms with Crippen LogP contribution in [0, 0.1) is 0 Å². The number of sulfonamides is 1. The molecule has 0 bridgehead atoms. The molecule has 0 saturated carbocycles. The van der Waals surface area contributed by atoms with Gasteiger partial charge >= 0.3 is 12.0 Å². The van der Waals surface area contributed by atoms with E-state index in [0.29, 0.717) is 19.4 Å². The fourth-order valence-electron chi connectivity index (χ4n) is 1.76. The monoisotopic (exact) mass is 279 g/mol. The highest BCUT2D eigenvalue weighted by Crippen LogP contribution is 2.16. The molecule has 0 aromatic carbocycles. The third kappa shape index (κ3) is 3.84. The number of nitrogens with one attached hydrogen (secondary N) is 2. The maximum absolute atomic E-state index is 11.7. The highest BCUT2D eigenvalue weighted by Gasteiger charge is 2.33. The highest BCUT2D eigenvalue weighted by atomic mass is 32.2. The Balaban J connectivity index is 2.44. The minimum Gasteiger partial charge on any atom is -0.480 e. The van der Waals surface area contributed by atoms with Gasteiger partial charge in [-0.1, -0.05) is 0 Å². The average molecular weight is 279 g/mol. The van der Waals surface area contributed by atoms with Crippen LogP contribution in [0.2, 0.25) is 0 Å². The molecule has 1 aliphatic heterocycles. The lowest BCUT2D eigenvalue weighted by atomic mass is 10.2.